The lowest BCUT2D eigenvalue weighted by Gasteiger charge is -2.04. The number of hydrogen-bond donors (Lipinski definition) is 1. The Hall–Kier alpha value is -2.68. The molecule has 21 heavy (non-hydrogen) atoms. The Balaban J connectivity index is 1.88. The molecule has 2 aromatic carbocycles. The standard InChI is InChI=1S/C18H18N2O/c1-20-10-9-15-11-13(5-7-17(15)20)3-4-14-6-8-18(21-2)16(19)12-14/h3-12H,19H2,1-2H3/b4-3+. The molecule has 3 nitrogen and oxygen atoms in total. The molecule has 0 aliphatic heterocycles. The van der Waals surface area contributed by atoms with E-state index in [4.69, 9.17) is 10.5 Å². The molecular formula is C18H18N2O. The molecule has 3 heteroatoms. The minimum Gasteiger partial charge on any atom is -0.495 e. The van der Waals surface area contributed by atoms with E-state index in [-0.39, 0.29) is 0 Å². The van der Waals surface area contributed by atoms with Crippen LogP contribution < -0.4 is 10.5 Å². The molecule has 0 saturated carbocycles. The van der Waals surface area contributed by atoms with Crippen molar-refractivity contribution in [3.63, 3.8) is 0 Å². The minimum absolute atomic E-state index is 0.651. The quantitative estimate of drug-likeness (QED) is 0.582. The third-order valence-corrected chi connectivity index (χ3v) is 3.63. The number of aromatic nitrogens is 1. The average Bonchev–Trinajstić information content (AvgIpc) is 2.86. The second kappa shape index (κ2) is 5.37. The van der Waals surface area contributed by atoms with Gasteiger partial charge < -0.3 is 15.0 Å². The lowest BCUT2D eigenvalue weighted by molar-refractivity contribution is 0.417. The van der Waals surface area contributed by atoms with Gasteiger partial charge in [-0.3, -0.25) is 0 Å². The maximum Gasteiger partial charge on any atom is 0.141 e. The van der Waals surface area contributed by atoms with E-state index in [2.05, 4.69) is 54.2 Å². The van der Waals surface area contributed by atoms with Crippen LogP contribution in [0.25, 0.3) is 23.1 Å². The molecule has 3 aromatic rings. The normalized spacial score (nSPS) is 11.3. The molecule has 0 spiro atoms. The van der Waals surface area contributed by atoms with Gasteiger partial charge in [-0.1, -0.05) is 24.3 Å². The summed E-state index contributed by atoms with van der Waals surface area (Å²) in [7, 11) is 3.67. The van der Waals surface area contributed by atoms with Crippen molar-refractivity contribution < 1.29 is 4.74 Å². The molecule has 106 valence electrons. The summed E-state index contributed by atoms with van der Waals surface area (Å²) in [5, 5.41) is 1.24. The summed E-state index contributed by atoms with van der Waals surface area (Å²) in [6, 6.07) is 14.3. The fourth-order valence-electron chi connectivity index (χ4n) is 2.45. The first-order valence-electron chi connectivity index (χ1n) is 6.84. The number of rotatable bonds is 3. The Labute approximate surface area is 124 Å². The van der Waals surface area contributed by atoms with Crippen molar-refractivity contribution in [1.82, 2.24) is 4.57 Å². The Kier molecular flexibility index (Phi) is 3.40. The highest BCUT2D eigenvalue weighted by molar-refractivity contribution is 5.84. The number of nitrogen functional groups attached to an aromatic ring is 1. The van der Waals surface area contributed by atoms with Crippen LogP contribution in [0.5, 0.6) is 5.75 Å². The second-order valence-electron chi connectivity index (χ2n) is 5.08. The van der Waals surface area contributed by atoms with E-state index in [1.807, 2.05) is 18.2 Å². The van der Waals surface area contributed by atoms with Crippen molar-refractivity contribution in [3.8, 4) is 5.75 Å². The van der Waals surface area contributed by atoms with Crippen LogP contribution in [0.15, 0.2) is 48.7 Å². The van der Waals surface area contributed by atoms with Crippen LogP contribution in [-0.4, -0.2) is 11.7 Å². The van der Waals surface area contributed by atoms with E-state index < -0.39 is 0 Å². The Morgan fingerprint density at radius 2 is 1.71 bits per heavy atom. The number of methoxy groups -OCH3 is 1. The van der Waals surface area contributed by atoms with Crippen LogP contribution in [0, 0.1) is 0 Å². The van der Waals surface area contributed by atoms with Crippen molar-refractivity contribution in [1.29, 1.82) is 0 Å². The second-order valence-corrected chi connectivity index (χ2v) is 5.08. The molecule has 0 amide bonds. The van der Waals surface area contributed by atoms with Gasteiger partial charge in [-0.25, -0.2) is 0 Å². The topological polar surface area (TPSA) is 40.2 Å². The molecule has 3 rings (SSSR count). The number of nitrogens with two attached hydrogens (primary N) is 1. The summed E-state index contributed by atoms with van der Waals surface area (Å²) < 4.78 is 7.28. The summed E-state index contributed by atoms with van der Waals surface area (Å²) in [5.74, 6) is 0.706. The number of anilines is 1. The number of benzene rings is 2. The Morgan fingerprint density at radius 3 is 2.43 bits per heavy atom. The molecule has 0 saturated heterocycles. The van der Waals surface area contributed by atoms with Gasteiger partial charge in [0.1, 0.15) is 5.75 Å². The highest BCUT2D eigenvalue weighted by Crippen LogP contribution is 2.23. The molecular weight excluding hydrogens is 260 g/mol. The van der Waals surface area contributed by atoms with Crippen LogP contribution in [-0.2, 0) is 7.05 Å². The Bertz CT molecular complexity index is 815. The fourth-order valence-corrected chi connectivity index (χ4v) is 2.45. The van der Waals surface area contributed by atoms with Gasteiger partial charge in [0, 0.05) is 24.1 Å². The van der Waals surface area contributed by atoms with E-state index in [0.717, 1.165) is 5.56 Å². The molecule has 1 heterocycles. The first-order chi connectivity index (χ1) is 10.2. The largest absolute Gasteiger partial charge is 0.495 e. The van der Waals surface area contributed by atoms with Crippen molar-refractivity contribution in [2.45, 2.75) is 0 Å². The molecule has 2 N–H and O–H groups in total. The summed E-state index contributed by atoms with van der Waals surface area (Å²) in [5.41, 5.74) is 10.0. The number of fused-ring (bicyclic) bond motifs is 1. The maximum atomic E-state index is 5.92. The van der Waals surface area contributed by atoms with Gasteiger partial charge in [0.2, 0.25) is 0 Å². The van der Waals surface area contributed by atoms with E-state index in [1.165, 1.54) is 16.5 Å². The third-order valence-electron chi connectivity index (χ3n) is 3.63. The molecule has 0 bridgehead atoms. The summed E-state index contributed by atoms with van der Waals surface area (Å²) in [6.45, 7) is 0. The SMILES string of the molecule is COc1ccc(/C=C/c2ccc3c(ccn3C)c2)cc1N. The van der Waals surface area contributed by atoms with Gasteiger partial charge in [0.05, 0.1) is 12.8 Å². The van der Waals surface area contributed by atoms with Gasteiger partial charge in [-0.05, 0) is 41.5 Å². The molecule has 1 aromatic heterocycles. The van der Waals surface area contributed by atoms with Crippen LogP contribution in [0.2, 0.25) is 0 Å². The maximum absolute atomic E-state index is 5.92. The van der Waals surface area contributed by atoms with Crippen molar-refractivity contribution in [2.24, 2.45) is 7.05 Å². The van der Waals surface area contributed by atoms with E-state index in [0.29, 0.717) is 11.4 Å². The lowest BCUT2D eigenvalue weighted by Crippen LogP contribution is -1.92. The lowest BCUT2D eigenvalue weighted by atomic mass is 10.1. The number of ether oxygens (including phenoxy) is 1. The molecule has 0 atom stereocenters. The predicted octanol–water partition coefficient (Wildman–Crippen LogP) is 3.94. The van der Waals surface area contributed by atoms with E-state index in [9.17, 15) is 0 Å². The first kappa shape index (κ1) is 13.3. The van der Waals surface area contributed by atoms with Crippen molar-refractivity contribution >= 4 is 28.7 Å². The van der Waals surface area contributed by atoms with Crippen molar-refractivity contribution in [2.75, 3.05) is 12.8 Å². The zero-order valence-corrected chi connectivity index (χ0v) is 12.2. The van der Waals surface area contributed by atoms with E-state index >= 15 is 0 Å². The third kappa shape index (κ3) is 2.63. The minimum atomic E-state index is 0.651. The van der Waals surface area contributed by atoms with E-state index in [1.54, 1.807) is 7.11 Å². The van der Waals surface area contributed by atoms with Gasteiger partial charge in [-0.15, -0.1) is 0 Å². The fraction of sp³-hybridized carbons (Fsp3) is 0.111. The highest BCUT2D eigenvalue weighted by atomic mass is 16.5. The van der Waals surface area contributed by atoms with Crippen LogP contribution in [0.1, 0.15) is 11.1 Å². The molecule has 0 aliphatic carbocycles. The predicted molar refractivity (Wildman–Crippen MR) is 89.3 cm³/mol. The Morgan fingerprint density at radius 1 is 1.00 bits per heavy atom. The summed E-state index contributed by atoms with van der Waals surface area (Å²) in [6.07, 6.45) is 6.22. The average molecular weight is 278 g/mol. The van der Waals surface area contributed by atoms with Gasteiger partial charge >= 0.3 is 0 Å². The molecule has 0 aliphatic rings. The van der Waals surface area contributed by atoms with Gasteiger partial charge in [0.25, 0.3) is 0 Å². The zero-order valence-electron chi connectivity index (χ0n) is 12.2. The van der Waals surface area contributed by atoms with Gasteiger partial charge in [-0.2, -0.15) is 0 Å². The number of aryl methyl sites for hydroxylation is 1. The summed E-state index contributed by atoms with van der Waals surface area (Å²) >= 11 is 0. The molecule has 0 radical (unpaired) electrons. The van der Waals surface area contributed by atoms with Gasteiger partial charge in [0.15, 0.2) is 0 Å². The molecule has 0 unspecified atom stereocenters. The monoisotopic (exact) mass is 278 g/mol. The van der Waals surface area contributed by atoms with Crippen LogP contribution >= 0.6 is 0 Å². The summed E-state index contributed by atoms with van der Waals surface area (Å²) in [4.78, 5) is 0. The zero-order chi connectivity index (χ0) is 14.8. The number of hydrogen-bond acceptors (Lipinski definition) is 2. The smallest absolute Gasteiger partial charge is 0.141 e. The molecule has 0 fully saturated rings. The number of nitrogens with zero attached hydrogens (tertiary/aromatic N) is 1. The first-order valence-corrected chi connectivity index (χ1v) is 6.84. The van der Waals surface area contributed by atoms with Crippen LogP contribution in [0.4, 0.5) is 5.69 Å². The van der Waals surface area contributed by atoms with Crippen LogP contribution in [0.3, 0.4) is 0 Å². The highest BCUT2D eigenvalue weighted by Gasteiger charge is 2.00. The van der Waals surface area contributed by atoms with Crippen molar-refractivity contribution in [3.05, 3.63) is 59.8 Å².